The van der Waals surface area contributed by atoms with Gasteiger partial charge in [0.1, 0.15) is 0 Å². The Bertz CT molecular complexity index is 390. The SMILES string of the molecule is CC(CC(=O)C(N)=O)c1cccc(Br)c1. The van der Waals surface area contributed by atoms with Gasteiger partial charge in [0.15, 0.2) is 0 Å². The predicted molar refractivity (Wildman–Crippen MR) is 61.4 cm³/mol. The van der Waals surface area contributed by atoms with Gasteiger partial charge in [-0.3, -0.25) is 9.59 Å². The molecule has 1 atom stereocenters. The monoisotopic (exact) mass is 269 g/mol. The molecule has 0 heterocycles. The van der Waals surface area contributed by atoms with Gasteiger partial charge < -0.3 is 5.73 Å². The van der Waals surface area contributed by atoms with Crippen molar-refractivity contribution in [3.63, 3.8) is 0 Å². The van der Waals surface area contributed by atoms with Gasteiger partial charge in [0, 0.05) is 10.9 Å². The largest absolute Gasteiger partial charge is 0.363 e. The highest BCUT2D eigenvalue weighted by atomic mass is 79.9. The number of carbonyl (C=O) groups is 2. The summed E-state index contributed by atoms with van der Waals surface area (Å²) in [6.45, 7) is 1.89. The minimum atomic E-state index is -0.864. The van der Waals surface area contributed by atoms with E-state index in [9.17, 15) is 9.59 Å². The average molecular weight is 270 g/mol. The molecule has 0 aliphatic heterocycles. The van der Waals surface area contributed by atoms with E-state index in [2.05, 4.69) is 15.9 Å². The van der Waals surface area contributed by atoms with E-state index in [1.54, 1.807) is 0 Å². The number of halogens is 1. The summed E-state index contributed by atoms with van der Waals surface area (Å²) in [4.78, 5) is 21.7. The molecule has 0 bridgehead atoms. The van der Waals surface area contributed by atoms with Crippen LogP contribution in [0.5, 0.6) is 0 Å². The molecule has 1 aromatic carbocycles. The lowest BCUT2D eigenvalue weighted by atomic mass is 9.96. The smallest absolute Gasteiger partial charge is 0.284 e. The molecule has 0 aliphatic carbocycles. The van der Waals surface area contributed by atoms with Crippen LogP contribution in [0, 0.1) is 0 Å². The van der Waals surface area contributed by atoms with Crippen molar-refractivity contribution < 1.29 is 9.59 Å². The van der Waals surface area contributed by atoms with Gasteiger partial charge in [0.25, 0.3) is 5.91 Å². The second-order valence-electron chi connectivity index (χ2n) is 3.45. The Hall–Kier alpha value is -1.16. The molecule has 0 spiro atoms. The molecule has 4 heteroatoms. The number of Topliss-reactive ketones (excluding diaryl/α,β-unsaturated/α-hetero) is 1. The molecule has 15 heavy (non-hydrogen) atoms. The second-order valence-corrected chi connectivity index (χ2v) is 4.36. The molecule has 0 radical (unpaired) electrons. The lowest BCUT2D eigenvalue weighted by molar-refractivity contribution is -0.136. The van der Waals surface area contributed by atoms with Gasteiger partial charge >= 0.3 is 0 Å². The first kappa shape index (κ1) is 11.9. The van der Waals surface area contributed by atoms with Crippen LogP contribution in [0.2, 0.25) is 0 Å². The van der Waals surface area contributed by atoms with Gasteiger partial charge in [-0.15, -0.1) is 0 Å². The van der Waals surface area contributed by atoms with E-state index in [4.69, 9.17) is 5.73 Å². The number of ketones is 1. The quantitative estimate of drug-likeness (QED) is 0.850. The summed E-state index contributed by atoms with van der Waals surface area (Å²) >= 11 is 3.35. The number of hydrogen-bond donors (Lipinski definition) is 1. The minimum Gasteiger partial charge on any atom is -0.363 e. The minimum absolute atomic E-state index is 0.00231. The highest BCUT2D eigenvalue weighted by Gasteiger charge is 2.15. The maximum absolute atomic E-state index is 11.1. The number of nitrogens with two attached hydrogens (primary N) is 1. The summed E-state index contributed by atoms with van der Waals surface area (Å²) in [6, 6.07) is 7.65. The molecule has 1 rings (SSSR count). The molecule has 3 nitrogen and oxygen atoms in total. The van der Waals surface area contributed by atoms with Gasteiger partial charge in [0.05, 0.1) is 0 Å². The van der Waals surface area contributed by atoms with Gasteiger partial charge in [0.2, 0.25) is 5.78 Å². The third-order valence-electron chi connectivity index (χ3n) is 2.18. The Morgan fingerprint density at radius 2 is 2.13 bits per heavy atom. The van der Waals surface area contributed by atoms with E-state index in [1.807, 2.05) is 31.2 Å². The van der Waals surface area contributed by atoms with Crippen molar-refractivity contribution in [3.8, 4) is 0 Å². The van der Waals surface area contributed by atoms with Crippen LogP contribution >= 0.6 is 15.9 Å². The molecule has 0 aliphatic rings. The fourth-order valence-corrected chi connectivity index (χ4v) is 1.73. The number of primary amides is 1. The number of benzene rings is 1. The zero-order valence-corrected chi connectivity index (χ0v) is 9.95. The van der Waals surface area contributed by atoms with Crippen LogP contribution in [-0.2, 0) is 9.59 Å². The molecule has 2 N–H and O–H groups in total. The van der Waals surface area contributed by atoms with Crippen molar-refractivity contribution >= 4 is 27.6 Å². The van der Waals surface area contributed by atoms with E-state index >= 15 is 0 Å². The maximum Gasteiger partial charge on any atom is 0.284 e. The third-order valence-corrected chi connectivity index (χ3v) is 2.68. The molecule has 1 aromatic rings. The summed E-state index contributed by atoms with van der Waals surface area (Å²) in [6.07, 6.45) is 0.159. The van der Waals surface area contributed by atoms with Gasteiger partial charge in [-0.2, -0.15) is 0 Å². The molecule has 0 saturated heterocycles. The standard InChI is InChI=1S/C11H12BrNO2/c1-7(5-10(14)11(13)15)8-3-2-4-9(12)6-8/h2-4,6-7H,5H2,1H3,(H2,13,15). The first-order chi connectivity index (χ1) is 7.00. The highest BCUT2D eigenvalue weighted by Crippen LogP contribution is 2.22. The van der Waals surface area contributed by atoms with Crippen molar-refractivity contribution in [3.05, 3.63) is 34.3 Å². The maximum atomic E-state index is 11.1. The summed E-state index contributed by atoms with van der Waals surface area (Å²) in [5.41, 5.74) is 5.91. The molecular formula is C11H12BrNO2. The van der Waals surface area contributed by atoms with E-state index in [0.29, 0.717) is 0 Å². The highest BCUT2D eigenvalue weighted by molar-refractivity contribution is 9.10. The van der Waals surface area contributed by atoms with Crippen LogP contribution in [0.1, 0.15) is 24.8 Å². The topological polar surface area (TPSA) is 60.2 Å². The van der Waals surface area contributed by atoms with Crippen molar-refractivity contribution in [2.24, 2.45) is 5.73 Å². The molecule has 0 aromatic heterocycles. The van der Waals surface area contributed by atoms with Gasteiger partial charge in [-0.1, -0.05) is 35.0 Å². The molecule has 1 amide bonds. The van der Waals surface area contributed by atoms with E-state index in [0.717, 1.165) is 10.0 Å². The number of rotatable bonds is 4. The average Bonchev–Trinajstić information content (AvgIpc) is 2.17. The molecular weight excluding hydrogens is 258 g/mol. The lowest BCUT2D eigenvalue weighted by Gasteiger charge is -2.09. The lowest BCUT2D eigenvalue weighted by Crippen LogP contribution is -2.24. The summed E-state index contributed by atoms with van der Waals surface area (Å²) in [7, 11) is 0. The first-order valence-electron chi connectivity index (χ1n) is 4.59. The van der Waals surface area contributed by atoms with Crippen LogP contribution in [0.4, 0.5) is 0 Å². The van der Waals surface area contributed by atoms with E-state index in [1.165, 1.54) is 0 Å². The Labute approximate surface area is 96.8 Å². The van der Waals surface area contributed by atoms with Crippen molar-refractivity contribution in [1.29, 1.82) is 0 Å². The molecule has 0 fully saturated rings. The Morgan fingerprint density at radius 3 is 2.67 bits per heavy atom. The Balaban J connectivity index is 2.73. The molecule has 80 valence electrons. The van der Waals surface area contributed by atoms with E-state index < -0.39 is 11.7 Å². The van der Waals surface area contributed by atoms with Crippen LogP contribution in [-0.4, -0.2) is 11.7 Å². The summed E-state index contributed by atoms with van der Waals surface area (Å²) < 4.78 is 0.957. The normalized spacial score (nSPS) is 12.1. The fraction of sp³-hybridized carbons (Fsp3) is 0.273. The fourth-order valence-electron chi connectivity index (χ4n) is 1.31. The Kier molecular flexibility index (Phi) is 4.03. The number of carbonyl (C=O) groups excluding carboxylic acids is 2. The zero-order chi connectivity index (χ0) is 11.4. The van der Waals surface area contributed by atoms with Crippen LogP contribution in [0.25, 0.3) is 0 Å². The summed E-state index contributed by atoms with van der Waals surface area (Å²) in [5, 5.41) is 0. The number of hydrogen-bond acceptors (Lipinski definition) is 2. The van der Waals surface area contributed by atoms with Crippen LogP contribution in [0.15, 0.2) is 28.7 Å². The van der Waals surface area contributed by atoms with Gasteiger partial charge in [-0.25, -0.2) is 0 Å². The second kappa shape index (κ2) is 5.07. The molecule has 0 saturated carbocycles. The Morgan fingerprint density at radius 1 is 1.47 bits per heavy atom. The van der Waals surface area contributed by atoms with Gasteiger partial charge in [-0.05, 0) is 23.6 Å². The molecule has 1 unspecified atom stereocenters. The summed E-state index contributed by atoms with van der Waals surface area (Å²) in [5.74, 6) is -1.39. The number of amides is 1. The zero-order valence-electron chi connectivity index (χ0n) is 8.37. The first-order valence-corrected chi connectivity index (χ1v) is 5.38. The van der Waals surface area contributed by atoms with Crippen molar-refractivity contribution in [2.45, 2.75) is 19.3 Å². The van der Waals surface area contributed by atoms with E-state index in [-0.39, 0.29) is 12.3 Å². The van der Waals surface area contributed by atoms with Crippen LogP contribution in [0.3, 0.4) is 0 Å². The van der Waals surface area contributed by atoms with Crippen LogP contribution < -0.4 is 5.73 Å². The van der Waals surface area contributed by atoms with Crippen molar-refractivity contribution in [2.75, 3.05) is 0 Å². The van der Waals surface area contributed by atoms with Crippen molar-refractivity contribution in [1.82, 2.24) is 0 Å². The predicted octanol–water partition coefficient (Wildman–Crippen LogP) is 2.00. The third kappa shape index (κ3) is 3.47.